The van der Waals surface area contributed by atoms with E-state index >= 15 is 0 Å². The molecule has 1 aromatic rings. The molecule has 1 aliphatic heterocycles. The second kappa shape index (κ2) is 5.05. The molecule has 1 fully saturated rings. The lowest BCUT2D eigenvalue weighted by molar-refractivity contribution is 0.0672. The third kappa shape index (κ3) is 2.77. The smallest absolute Gasteiger partial charge is 0.0798 e. The van der Waals surface area contributed by atoms with Crippen LogP contribution in [0.5, 0.6) is 0 Å². The van der Waals surface area contributed by atoms with Gasteiger partial charge in [0.2, 0.25) is 0 Å². The van der Waals surface area contributed by atoms with Crippen molar-refractivity contribution in [2.24, 2.45) is 0 Å². The summed E-state index contributed by atoms with van der Waals surface area (Å²) in [6.07, 6.45) is 2.40. The molecule has 84 valence electrons. The highest BCUT2D eigenvalue weighted by molar-refractivity contribution is 7.09. The fourth-order valence-corrected chi connectivity index (χ4v) is 2.85. The Morgan fingerprint density at radius 1 is 1.67 bits per heavy atom. The van der Waals surface area contributed by atoms with Crippen LogP contribution in [0.1, 0.15) is 36.4 Å². The monoisotopic (exact) mass is 226 g/mol. The van der Waals surface area contributed by atoms with Gasteiger partial charge in [0, 0.05) is 23.6 Å². The molecule has 0 saturated carbocycles. The van der Waals surface area contributed by atoms with E-state index in [2.05, 4.69) is 24.1 Å². The first-order valence-corrected chi connectivity index (χ1v) is 6.39. The van der Waals surface area contributed by atoms with Crippen LogP contribution in [0.2, 0.25) is 0 Å². The normalized spacial score (nSPS) is 24.0. The molecule has 15 heavy (non-hydrogen) atoms. The molecule has 0 aromatic carbocycles. The van der Waals surface area contributed by atoms with Gasteiger partial charge in [0.1, 0.15) is 0 Å². The quantitative estimate of drug-likeness (QED) is 0.858. The molecule has 1 aromatic heterocycles. The zero-order valence-electron chi connectivity index (χ0n) is 9.32. The number of aromatic nitrogens is 1. The lowest BCUT2D eigenvalue weighted by atomic mass is 10.1. The summed E-state index contributed by atoms with van der Waals surface area (Å²) in [5, 5.41) is 3.61. The lowest BCUT2D eigenvalue weighted by Gasteiger charge is -2.26. The van der Waals surface area contributed by atoms with Gasteiger partial charge in [-0.3, -0.25) is 0 Å². The van der Waals surface area contributed by atoms with E-state index < -0.39 is 0 Å². The molecule has 0 amide bonds. The average molecular weight is 226 g/mol. The summed E-state index contributed by atoms with van der Waals surface area (Å²) in [5.41, 5.74) is 3.07. The molecule has 1 aliphatic rings. The number of thiazole rings is 1. The zero-order valence-corrected chi connectivity index (χ0v) is 10.1. The number of rotatable bonds is 3. The van der Waals surface area contributed by atoms with Gasteiger partial charge in [0.15, 0.2) is 0 Å². The maximum Gasteiger partial charge on any atom is 0.0798 e. The van der Waals surface area contributed by atoms with E-state index in [0.717, 1.165) is 18.9 Å². The summed E-state index contributed by atoms with van der Waals surface area (Å²) in [4.78, 5) is 5.63. The first-order chi connectivity index (χ1) is 7.27. The molecule has 1 N–H and O–H groups in total. The molecule has 3 nitrogen and oxygen atoms in total. The van der Waals surface area contributed by atoms with E-state index in [1.165, 1.54) is 17.7 Å². The van der Waals surface area contributed by atoms with E-state index in [1.807, 2.05) is 5.51 Å². The van der Waals surface area contributed by atoms with E-state index in [-0.39, 0.29) is 0 Å². The van der Waals surface area contributed by atoms with E-state index in [1.54, 1.807) is 11.3 Å². The third-order valence-electron chi connectivity index (χ3n) is 2.82. The summed E-state index contributed by atoms with van der Waals surface area (Å²) in [6, 6.07) is 0.902. The fraction of sp³-hybridized carbons (Fsp3) is 0.727. The van der Waals surface area contributed by atoms with E-state index in [4.69, 9.17) is 4.74 Å². The van der Waals surface area contributed by atoms with Crippen LogP contribution < -0.4 is 5.32 Å². The van der Waals surface area contributed by atoms with Gasteiger partial charge in [-0.1, -0.05) is 0 Å². The summed E-state index contributed by atoms with van der Waals surface area (Å²) >= 11 is 1.73. The van der Waals surface area contributed by atoms with Crippen molar-refractivity contribution in [3.63, 3.8) is 0 Å². The van der Waals surface area contributed by atoms with Crippen molar-refractivity contribution in [3.05, 3.63) is 16.1 Å². The van der Waals surface area contributed by atoms with Gasteiger partial charge in [-0.2, -0.15) is 0 Å². The van der Waals surface area contributed by atoms with E-state index in [0.29, 0.717) is 12.1 Å². The van der Waals surface area contributed by atoms with Crippen LogP contribution in [0.15, 0.2) is 5.51 Å². The molecule has 1 saturated heterocycles. The molecule has 4 heteroatoms. The predicted molar refractivity (Wildman–Crippen MR) is 62.2 cm³/mol. The Balaban J connectivity index is 1.91. The van der Waals surface area contributed by atoms with Gasteiger partial charge in [-0.15, -0.1) is 11.3 Å². The van der Waals surface area contributed by atoms with Gasteiger partial charge in [0.05, 0.1) is 17.8 Å². The first-order valence-electron chi connectivity index (χ1n) is 5.51. The minimum atomic E-state index is 0.393. The number of hydrogen-bond acceptors (Lipinski definition) is 4. The van der Waals surface area contributed by atoms with Gasteiger partial charge >= 0.3 is 0 Å². The summed E-state index contributed by atoms with van der Waals surface area (Å²) in [6.45, 7) is 6.05. The largest absolute Gasteiger partial charge is 0.380 e. The minimum Gasteiger partial charge on any atom is -0.380 e. The molecule has 2 atom stereocenters. The average Bonchev–Trinajstić information content (AvgIpc) is 2.66. The summed E-state index contributed by atoms with van der Waals surface area (Å²) in [5.74, 6) is 0. The van der Waals surface area contributed by atoms with Crippen LogP contribution in [0.25, 0.3) is 0 Å². The van der Waals surface area contributed by atoms with Gasteiger partial charge in [-0.25, -0.2) is 4.98 Å². The van der Waals surface area contributed by atoms with Crippen LogP contribution in [0.3, 0.4) is 0 Å². The number of aryl methyl sites for hydroxylation is 1. The minimum absolute atomic E-state index is 0.393. The van der Waals surface area contributed by atoms with Crippen molar-refractivity contribution in [1.29, 1.82) is 0 Å². The third-order valence-corrected chi connectivity index (χ3v) is 3.94. The topological polar surface area (TPSA) is 34.2 Å². The number of hydrogen-bond donors (Lipinski definition) is 1. The fourth-order valence-electron chi connectivity index (χ4n) is 2.03. The van der Waals surface area contributed by atoms with Gasteiger partial charge in [0.25, 0.3) is 0 Å². The molecule has 0 spiro atoms. The Morgan fingerprint density at radius 2 is 2.53 bits per heavy atom. The Hall–Kier alpha value is -0.450. The molecule has 0 radical (unpaired) electrons. The number of nitrogens with one attached hydrogen (secondary N) is 1. The molecule has 2 rings (SSSR count). The zero-order chi connectivity index (χ0) is 10.7. The summed E-state index contributed by atoms with van der Waals surface area (Å²) in [7, 11) is 0. The van der Waals surface area contributed by atoms with Crippen LogP contribution in [0, 0.1) is 6.92 Å². The van der Waals surface area contributed by atoms with Crippen LogP contribution in [-0.4, -0.2) is 24.2 Å². The predicted octanol–water partition coefficient (Wildman–Crippen LogP) is 2.28. The van der Waals surface area contributed by atoms with Crippen LogP contribution in [-0.2, 0) is 4.74 Å². The van der Waals surface area contributed by atoms with Crippen molar-refractivity contribution in [2.45, 2.75) is 38.8 Å². The highest BCUT2D eigenvalue weighted by Gasteiger charge is 2.18. The summed E-state index contributed by atoms with van der Waals surface area (Å²) < 4.78 is 5.46. The standard InChI is InChI=1S/C11H18N2OS/c1-8-11(15-7-12-8)9(2)13-10-4-3-5-14-6-10/h7,9-10,13H,3-6H2,1-2H3. The highest BCUT2D eigenvalue weighted by Crippen LogP contribution is 2.22. The molecule has 2 heterocycles. The second-order valence-electron chi connectivity index (χ2n) is 4.10. The highest BCUT2D eigenvalue weighted by atomic mass is 32.1. The van der Waals surface area contributed by atoms with Crippen molar-refractivity contribution in [2.75, 3.05) is 13.2 Å². The number of ether oxygens (including phenoxy) is 1. The van der Waals surface area contributed by atoms with Gasteiger partial charge < -0.3 is 10.1 Å². The van der Waals surface area contributed by atoms with Crippen LogP contribution >= 0.6 is 11.3 Å². The Bertz CT molecular complexity index is 307. The molecular formula is C11H18N2OS. The van der Waals surface area contributed by atoms with Crippen molar-refractivity contribution < 1.29 is 4.74 Å². The maximum absolute atomic E-state index is 5.46. The van der Waals surface area contributed by atoms with Crippen LogP contribution in [0.4, 0.5) is 0 Å². The maximum atomic E-state index is 5.46. The molecule has 0 bridgehead atoms. The first kappa shape index (κ1) is 11.0. The van der Waals surface area contributed by atoms with E-state index in [9.17, 15) is 0 Å². The SMILES string of the molecule is Cc1ncsc1C(C)NC1CCCOC1. The Labute approximate surface area is 94.9 Å². The Kier molecular flexibility index (Phi) is 3.72. The molecular weight excluding hydrogens is 208 g/mol. The van der Waals surface area contributed by atoms with Gasteiger partial charge in [-0.05, 0) is 26.7 Å². The van der Waals surface area contributed by atoms with Crippen molar-refractivity contribution in [3.8, 4) is 0 Å². The lowest BCUT2D eigenvalue weighted by Crippen LogP contribution is -2.38. The molecule has 0 aliphatic carbocycles. The Morgan fingerprint density at radius 3 is 3.13 bits per heavy atom. The number of nitrogens with zero attached hydrogens (tertiary/aromatic N) is 1. The second-order valence-corrected chi connectivity index (χ2v) is 4.99. The van der Waals surface area contributed by atoms with Crippen molar-refractivity contribution >= 4 is 11.3 Å². The molecule has 2 unspecified atom stereocenters. The van der Waals surface area contributed by atoms with Crippen molar-refractivity contribution in [1.82, 2.24) is 10.3 Å².